The molecule has 120 valence electrons. The van der Waals surface area contributed by atoms with E-state index in [0.717, 1.165) is 0 Å². The van der Waals surface area contributed by atoms with Crippen LogP contribution in [0, 0.1) is 0 Å². The lowest BCUT2D eigenvalue weighted by Gasteiger charge is -2.31. The number of para-hydroxylation sites is 2. The zero-order valence-electron chi connectivity index (χ0n) is 12.9. The number of hydrogen-bond acceptors (Lipinski definition) is 4. The van der Waals surface area contributed by atoms with Crippen LogP contribution in [0.4, 0.5) is 0 Å². The maximum absolute atomic E-state index is 12.3. The van der Waals surface area contributed by atoms with Gasteiger partial charge in [-0.25, -0.2) is 4.79 Å². The number of amides is 1. The number of carboxylic acids is 1. The van der Waals surface area contributed by atoms with Crippen LogP contribution in [0.15, 0.2) is 24.3 Å². The second-order valence-electron chi connectivity index (χ2n) is 5.40. The van der Waals surface area contributed by atoms with E-state index in [9.17, 15) is 14.7 Å². The molecule has 6 nitrogen and oxygen atoms in total. The maximum Gasteiger partial charge on any atom is 0.329 e. The van der Waals surface area contributed by atoms with Gasteiger partial charge in [-0.3, -0.25) is 4.79 Å². The predicted molar refractivity (Wildman–Crippen MR) is 80.1 cm³/mol. The summed E-state index contributed by atoms with van der Waals surface area (Å²) in [4.78, 5) is 25.1. The number of hydrogen-bond donors (Lipinski definition) is 1. The molecule has 0 bridgehead atoms. The summed E-state index contributed by atoms with van der Waals surface area (Å²) in [5.41, 5.74) is -1.14. The molecule has 1 fully saturated rings. The van der Waals surface area contributed by atoms with Crippen molar-refractivity contribution in [3.05, 3.63) is 24.3 Å². The van der Waals surface area contributed by atoms with E-state index in [0.29, 0.717) is 37.5 Å². The first-order chi connectivity index (χ1) is 10.5. The molecular weight excluding hydrogens is 286 g/mol. The Balaban J connectivity index is 2.03. The SMILES string of the molecule is CCOc1ccccc1OCC(=O)N1CCCC1(C)C(=O)O. The van der Waals surface area contributed by atoms with E-state index in [2.05, 4.69) is 0 Å². The summed E-state index contributed by atoms with van der Waals surface area (Å²) in [5, 5.41) is 9.34. The fourth-order valence-electron chi connectivity index (χ4n) is 2.65. The molecule has 6 heteroatoms. The Hall–Kier alpha value is -2.24. The molecule has 1 aliphatic rings. The Morgan fingerprint density at radius 1 is 1.27 bits per heavy atom. The standard InChI is InChI=1S/C16H21NO5/c1-3-21-12-7-4-5-8-13(12)22-11-14(18)17-10-6-9-16(17,2)15(19)20/h4-5,7-8H,3,6,9-11H2,1-2H3,(H,19,20). The van der Waals surface area contributed by atoms with Crippen molar-refractivity contribution >= 4 is 11.9 Å². The molecule has 1 aromatic rings. The second kappa shape index (κ2) is 6.68. The van der Waals surface area contributed by atoms with Crippen LogP contribution in [0.1, 0.15) is 26.7 Å². The minimum absolute atomic E-state index is 0.201. The summed E-state index contributed by atoms with van der Waals surface area (Å²) in [7, 11) is 0. The largest absolute Gasteiger partial charge is 0.490 e. The van der Waals surface area contributed by atoms with Crippen LogP contribution in [-0.4, -0.2) is 47.2 Å². The van der Waals surface area contributed by atoms with Gasteiger partial charge in [0.05, 0.1) is 6.61 Å². The molecule has 0 aliphatic carbocycles. The number of benzene rings is 1. The summed E-state index contributed by atoms with van der Waals surface area (Å²) < 4.78 is 11.0. The molecule has 0 spiro atoms. The lowest BCUT2D eigenvalue weighted by Crippen LogP contribution is -2.52. The van der Waals surface area contributed by atoms with Gasteiger partial charge in [-0.05, 0) is 38.8 Å². The van der Waals surface area contributed by atoms with Gasteiger partial charge in [0, 0.05) is 6.54 Å². The predicted octanol–water partition coefficient (Wildman–Crippen LogP) is 1.93. The molecule has 1 amide bonds. The third-order valence-electron chi connectivity index (χ3n) is 3.90. The van der Waals surface area contributed by atoms with Crippen LogP contribution in [0.3, 0.4) is 0 Å². The van der Waals surface area contributed by atoms with Crippen molar-refractivity contribution in [1.29, 1.82) is 0 Å². The van der Waals surface area contributed by atoms with Crippen LogP contribution >= 0.6 is 0 Å². The van der Waals surface area contributed by atoms with Crippen molar-refractivity contribution in [1.82, 2.24) is 4.90 Å². The molecule has 1 heterocycles. The first-order valence-electron chi connectivity index (χ1n) is 7.37. The fourth-order valence-corrected chi connectivity index (χ4v) is 2.65. The molecule has 0 saturated carbocycles. The number of carbonyl (C=O) groups is 2. The molecular formula is C16H21NO5. The Bertz CT molecular complexity index is 559. The van der Waals surface area contributed by atoms with E-state index < -0.39 is 11.5 Å². The van der Waals surface area contributed by atoms with Crippen molar-refractivity contribution in [2.24, 2.45) is 0 Å². The van der Waals surface area contributed by atoms with E-state index in [4.69, 9.17) is 9.47 Å². The van der Waals surface area contributed by atoms with Crippen LogP contribution in [0.5, 0.6) is 11.5 Å². The van der Waals surface area contributed by atoms with Crippen LogP contribution in [0.25, 0.3) is 0 Å². The normalized spacial score (nSPS) is 20.7. The Morgan fingerprint density at radius 2 is 1.91 bits per heavy atom. The molecule has 1 saturated heterocycles. The van der Waals surface area contributed by atoms with Crippen molar-refractivity contribution < 1.29 is 24.2 Å². The highest BCUT2D eigenvalue weighted by Gasteiger charge is 2.45. The quantitative estimate of drug-likeness (QED) is 0.869. The highest BCUT2D eigenvalue weighted by Crippen LogP contribution is 2.30. The first-order valence-corrected chi connectivity index (χ1v) is 7.37. The molecule has 2 rings (SSSR count). The molecule has 1 N–H and O–H groups in total. The number of likely N-dealkylation sites (tertiary alicyclic amines) is 1. The zero-order chi connectivity index (χ0) is 16.2. The van der Waals surface area contributed by atoms with Gasteiger partial charge in [0.15, 0.2) is 18.1 Å². The van der Waals surface area contributed by atoms with Gasteiger partial charge < -0.3 is 19.5 Å². The van der Waals surface area contributed by atoms with E-state index in [-0.39, 0.29) is 12.5 Å². The summed E-state index contributed by atoms with van der Waals surface area (Å²) >= 11 is 0. The smallest absolute Gasteiger partial charge is 0.329 e. The van der Waals surface area contributed by atoms with Crippen LogP contribution in [-0.2, 0) is 9.59 Å². The first kappa shape index (κ1) is 16.1. The number of ether oxygens (including phenoxy) is 2. The number of rotatable bonds is 6. The number of aliphatic carboxylic acids is 1. The molecule has 1 aliphatic heterocycles. The minimum Gasteiger partial charge on any atom is -0.490 e. The van der Waals surface area contributed by atoms with Gasteiger partial charge in [0.2, 0.25) is 0 Å². The van der Waals surface area contributed by atoms with E-state index >= 15 is 0 Å². The Kier molecular flexibility index (Phi) is 4.90. The van der Waals surface area contributed by atoms with Gasteiger partial charge in [-0.1, -0.05) is 12.1 Å². The second-order valence-corrected chi connectivity index (χ2v) is 5.40. The summed E-state index contributed by atoms with van der Waals surface area (Å²) in [6.07, 6.45) is 1.15. The monoisotopic (exact) mass is 307 g/mol. The Labute approximate surface area is 129 Å². The average Bonchev–Trinajstić information content (AvgIpc) is 2.90. The molecule has 1 aromatic carbocycles. The van der Waals surface area contributed by atoms with Gasteiger partial charge in [-0.15, -0.1) is 0 Å². The van der Waals surface area contributed by atoms with E-state index in [1.54, 1.807) is 25.1 Å². The molecule has 1 atom stereocenters. The van der Waals surface area contributed by atoms with Gasteiger partial charge in [0.1, 0.15) is 5.54 Å². The van der Waals surface area contributed by atoms with Gasteiger partial charge in [-0.2, -0.15) is 0 Å². The highest BCUT2D eigenvalue weighted by molar-refractivity contribution is 5.88. The molecule has 1 unspecified atom stereocenters. The van der Waals surface area contributed by atoms with Gasteiger partial charge >= 0.3 is 5.97 Å². The molecule has 0 aromatic heterocycles. The van der Waals surface area contributed by atoms with Gasteiger partial charge in [0.25, 0.3) is 5.91 Å². The van der Waals surface area contributed by atoms with Crippen molar-refractivity contribution in [3.8, 4) is 11.5 Å². The maximum atomic E-state index is 12.3. The summed E-state index contributed by atoms with van der Waals surface area (Å²) in [6.45, 7) is 4.18. The van der Waals surface area contributed by atoms with Crippen molar-refractivity contribution in [2.75, 3.05) is 19.8 Å². The van der Waals surface area contributed by atoms with E-state index in [1.165, 1.54) is 4.90 Å². The third kappa shape index (κ3) is 3.16. The lowest BCUT2D eigenvalue weighted by molar-refractivity contribution is -0.156. The average molecular weight is 307 g/mol. The third-order valence-corrected chi connectivity index (χ3v) is 3.90. The molecule has 0 radical (unpaired) electrons. The number of carbonyl (C=O) groups excluding carboxylic acids is 1. The van der Waals surface area contributed by atoms with Crippen LogP contribution < -0.4 is 9.47 Å². The fraction of sp³-hybridized carbons (Fsp3) is 0.500. The molecule has 22 heavy (non-hydrogen) atoms. The number of carboxylic acid groups (broad SMARTS) is 1. The highest BCUT2D eigenvalue weighted by atomic mass is 16.5. The summed E-state index contributed by atoms with van der Waals surface area (Å²) in [5.74, 6) is -0.254. The van der Waals surface area contributed by atoms with Crippen molar-refractivity contribution in [2.45, 2.75) is 32.2 Å². The van der Waals surface area contributed by atoms with E-state index in [1.807, 2.05) is 13.0 Å². The van der Waals surface area contributed by atoms with Crippen LogP contribution in [0.2, 0.25) is 0 Å². The minimum atomic E-state index is -1.14. The van der Waals surface area contributed by atoms with Crippen molar-refractivity contribution in [3.63, 3.8) is 0 Å². The summed E-state index contributed by atoms with van der Waals surface area (Å²) in [6, 6.07) is 7.10. The topological polar surface area (TPSA) is 76.1 Å². The zero-order valence-corrected chi connectivity index (χ0v) is 12.9. The lowest BCUT2D eigenvalue weighted by atomic mass is 9.99. The Morgan fingerprint density at radius 3 is 2.50 bits per heavy atom. The number of nitrogens with zero attached hydrogens (tertiary/aromatic N) is 1.